The van der Waals surface area contributed by atoms with Gasteiger partial charge < -0.3 is 15.0 Å². The summed E-state index contributed by atoms with van der Waals surface area (Å²) >= 11 is 5.97. The average molecular weight is 386 g/mol. The van der Waals surface area contributed by atoms with E-state index in [0.29, 0.717) is 16.3 Å². The van der Waals surface area contributed by atoms with E-state index in [1.165, 1.54) is 7.11 Å². The third-order valence-electron chi connectivity index (χ3n) is 4.82. The highest BCUT2D eigenvalue weighted by atomic mass is 35.5. The van der Waals surface area contributed by atoms with Gasteiger partial charge in [-0.05, 0) is 43.2 Å². The number of pyridine rings is 1. The predicted octanol–water partition coefficient (Wildman–Crippen LogP) is 2.79. The monoisotopic (exact) mass is 385 g/mol. The summed E-state index contributed by atoms with van der Waals surface area (Å²) in [6.07, 6.45) is 3.64. The van der Waals surface area contributed by atoms with Gasteiger partial charge in [0.1, 0.15) is 5.75 Å². The Morgan fingerprint density at radius 3 is 2.81 bits per heavy atom. The maximum Gasteiger partial charge on any atom is 0.255 e. The number of methoxy groups -OCH3 is 1. The first kappa shape index (κ1) is 17.6. The van der Waals surface area contributed by atoms with Crippen LogP contribution >= 0.6 is 11.6 Å². The molecule has 0 radical (unpaired) electrons. The molecule has 2 aromatic heterocycles. The Labute approximate surface area is 161 Å². The minimum atomic E-state index is -0.144. The summed E-state index contributed by atoms with van der Waals surface area (Å²) in [5.41, 5.74) is 1.32. The number of nitrogens with one attached hydrogen (secondary N) is 1. The van der Waals surface area contributed by atoms with Gasteiger partial charge in [-0.25, -0.2) is 0 Å². The van der Waals surface area contributed by atoms with E-state index in [-0.39, 0.29) is 11.9 Å². The number of carbonyl (C=O) groups is 1. The number of piperidine rings is 1. The molecule has 8 heteroatoms. The molecular formula is C19H20ClN5O2. The molecule has 1 saturated heterocycles. The van der Waals surface area contributed by atoms with Gasteiger partial charge in [0.2, 0.25) is 5.95 Å². The summed E-state index contributed by atoms with van der Waals surface area (Å²) in [5.74, 6) is 1.18. The number of rotatable bonds is 4. The van der Waals surface area contributed by atoms with Crippen molar-refractivity contribution in [1.82, 2.24) is 19.9 Å². The van der Waals surface area contributed by atoms with Crippen LogP contribution in [-0.4, -0.2) is 46.7 Å². The van der Waals surface area contributed by atoms with Crippen molar-refractivity contribution in [2.45, 2.75) is 18.9 Å². The van der Waals surface area contributed by atoms with E-state index in [1.807, 2.05) is 28.8 Å². The molecule has 7 nitrogen and oxygen atoms in total. The maximum atomic E-state index is 12.6. The number of ether oxygens (including phenoxy) is 1. The van der Waals surface area contributed by atoms with E-state index in [2.05, 4.69) is 20.4 Å². The number of hydrogen-bond donors (Lipinski definition) is 1. The topological polar surface area (TPSA) is 71.8 Å². The van der Waals surface area contributed by atoms with E-state index in [1.54, 1.807) is 18.2 Å². The largest absolute Gasteiger partial charge is 0.496 e. The second-order valence-electron chi connectivity index (χ2n) is 6.51. The molecule has 0 spiro atoms. The molecule has 1 N–H and O–H groups in total. The number of anilines is 1. The summed E-state index contributed by atoms with van der Waals surface area (Å²) in [7, 11) is 1.53. The van der Waals surface area contributed by atoms with Crippen molar-refractivity contribution in [2.75, 3.05) is 25.1 Å². The molecule has 1 aliphatic heterocycles. The molecule has 0 atom stereocenters. The Morgan fingerprint density at radius 1 is 1.22 bits per heavy atom. The number of amides is 1. The summed E-state index contributed by atoms with van der Waals surface area (Å²) in [5, 5.41) is 12.1. The third kappa shape index (κ3) is 3.55. The van der Waals surface area contributed by atoms with E-state index >= 15 is 0 Å². The Morgan fingerprint density at radius 2 is 2.04 bits per heavy atom. The smallest absolute Gasteiger partial charge is 0.255 e. The summed E-state index contributed by atoms with van der Waals surface area (Å²) in [4.78, 5) is 14.8. The molecule has 0 bridgehead atoms. The van der Waals surface area contributed by atoms with Crippen LogP contribution in [0.3, 0.4) is 0 Å². The van der Waals surface area contributed by atoms with E-state index < -0.39 is 0 Å². The first-order chi connectivity index (χ1) is 13.2. The lowest BCUT2D eigenvalue weighted by atomic mass is 10.0. The molecule has 140 valence electrons. The second kappa shape index (κ2) is 7.44. The molecule has 1 amide bonds. The van der Waals surface area contributed by atoms with Crippen molar-refractivity contribution in [3.63, 3.8) is 0 Å². The van der Waals surface area contributed by atoms with Crippen molar-refractivity contribution in [2.24, 2.45) is 0 Å². The Bertz CT molecular complexity index is 966. The fraction of sp³-hybridized carbons (Fsp3) is 0.316. The lowest BCUT2D eigenvalue weighted by Gasteiger charge is -2.32. The number of hydrogen-bond acceptors (Lipinski definition) is 5. The standard InChI is InChI=1S/C19H20ClN5O2/c1-27-16-12-13(20)5-6-15(16)18(26)21-14-7-10-24(11-8-14)19-23-22-17-4-2-3-9-25(17)19/h2-6,9,12,14H,7-8,10-11H2,1H3,(H,21,26). The van der Waals surface area contributed by atoms with Crippen LogP contribution < -0.4 is 15.0 Å². The molecule has 27 heavy (non-hydrogen) atoms. The van der Waals surface area contributed by atoms with Crippen molar-refractivity contribution >= 4 is 29.1 Å². The number of fused-ring (bicyclic) bond motifs is 1. The number of halogens is 1. The van der Waals surface area contributed by atoms with Gasteiger partial charge in [0.25, 0.3) is 5.91 Å². The Balaban J connectivity index is 1.40. The molecule has 0 saturated carbocycles. The fourth-order valence-electron chi connectivity index (χ4n) is 3.38. The molecule has 1 aromatic carbocycles. The third-order valence-corrected chi connectivity index (χ3v) is 5.05. The van der Waals surface area contributed by atoms with E-state index in [4.69, 9.17) is 16.3 Å². The van der Waals surface area contributed by atoms with Crippen LogP contribution in [0.2, 0.25) is 5.02 Å². The van der Waals surface area contributed by atoms with Crippen molar-refractivity contribution in [3.05, 3.63) is 53.2 Å². The highest BCUT2D eigenvalue weighted by molar-refractivity contribution is 6.30. The van der Waals surface area contributed by atoms with E-state index in [0.717, 1.165) is 37.5 Å². The highest BCUT2D eigenvalue weighted by Gasteiger charge is 2.24. The van der Waals surface area contributed by atoms with Gasteiger partial charge in [0.15, 0.2) is 5.65 Å². The van der Waals surface area contributed by atoms with E-state index in [9.17, 15) is 4.79 Å². The van der Waals surface area contributed by atoms with Gasteiger partial charge >= 0.3 is 0 Å². The zero-order valence-corrected chi connectivity index (χ0v) is 15.7. The normalized spacial score (nSPS) is 15.1. The predicted molar refractivity (Wildman–Crippen MR) is 104 cm³/mol. The van der Waals surface area contributed by atoms with Crippen molar-refractivity contribution in [3.8, 4) is 5.75 Å². The van der Waals surface area contributed by atoms with Crippen molar-refractivity contribution in [1.29, 1.82) is 0 Å². The summed E-state index contributed by atoms with van der Waals surface area (Å²) in [6.45, 7) is 1.61. The number of aromatic nitrogens is 3. The van der Waals surface area contributed by atoms with Crippen LogP contribution in [0.15, 0.2) is 42.6 Å². The number of benzene rings is 1. The van der Waals surface area contributed by atoms with Gasteiger partial charge in [-0.15, -0.1) is 10.2 Å². The van der Waals surface area contributed by atoms with Gasteiger partial charge in [-0.3, -0.25) is 9.20 Å². The van der Waals surface area contributed by atoms with Gasteiger partial charge in [-0.1, -0.05) is 17.7 Å². The van der Waals surface area contributed by atoms with Gasteiger partial charge in [0.05, 0.1) is 12.7 Å². The molecule has 0 unspecified atom stereocenters. The van der Waals surface area contributed by atoms with Crippen molar-refractivity contribution < 1.29 is 9.53 Å². The van der Waals surface area contributed by atoms with Gasteiger partial charge in [0, 0.05) is 30.4 Å². The quantitative estimate of drug-likeness (QED) is 0.747. The summed E-state index contributed by atoms with van der Waals surface area (Å²) < 4.78 is 7.26. The van der Waals surface area contributed by atoms with Crippen LogP contribution in [0.25, 0.3) is 5.65 Å². The lowest BCUT2D eigenvalue weighted by Crippen LogP contribution is -2.45. The van der Waals surface area contributed by atoms with Crippen LogP contribution in [0.4, 0.5) is 5.95 Å². The minimum Gasteiger partial charge on any atom is -0.496 e. The fourth-order valence-corrected chi connectivity index (χ4v) is 3.55. The molecule has 4 rings (SSSR count). The maximum absolute atomic E-state index is 12.6. The molecule has 3 aromatic rings. The van der Waals surface area contributed by atoms with Crippen LogP contribution in [0.1, 0.15) is 23.2 Å². The molecule has 0 aliphatic carbocycles. The average Bonchev–Trinajstić information content (AvgIpc) is 3.12. The zero-order valence-electron chi connectivity index (χ0n) is 14.9. The van der Waals surface area contributed by atoms with Crippen LogP contribution in [-0.2, 0) is 0 Å². The SMILES string of the molecule is COc1cc(Cl)ccc1C(=O)NC1CCN(c2nnc3ccccn23)CC1. The Hall–Kier alpha value is -2.80. The first-order valence-corrected chi connectivity index (χ1v) is 9.22. The van der Waals surface area contributed by atoms with Crippen LogP contribution in [0, 0.1) is 0 Å². The summed E-state index contributed by atoms with van der Waals surface area (Å²) in [6, 6.07) is 11.0. The Kier molecular flexibility index (Phi) is 4.85. The minimum absolute atomic E-state index is 0.105. The number of nitrogens with zero attached hydrogens (tertiary/aromatic N) is 4. The van der Waals surface area contributed by atoms with Crippen LogP contribution in [0.5, 0.6) is 5.75 Å². The first-order valence-electron chi connectivity index (χ1n) is 8.85. The number of carbonyl (C=O) groups excluding carboxylic acids is 1. The molecule has 3 heterocycles. The molecule has 1 fully saturated rings. The second-order valence-corrected chi connectivity index (χ2v) is 6.94. The highest BCUT2D eigenvalue weighted by Crippen LogP contribution is 2.24. The molecular weight excluding hydrogens is 366 g/mol. The molecule has 1 aliphatic rings. The van der Waals surface area contributed by atoms with Gasteiger partial charge in [-0.2, -0.15) is 0 Å². The lowest BCUT2D eigenvalue weighted by molar-refractivity contribution is 0.0928. The zero-order chi connectivity index (χ0) is 18.8.